The third-order valence-corrected chi connectivity index (χ3v) is 7.23. The van der Waals surface area contributed by atoms with E-state index >= 15 is 0 Å². The number of benzene rings is 3. The second-order valence-electron chi connectivity index (χ2n) is 9.57. The first-order chi connectivity index (χ1) is 16.1. The molecular formula is C29H31F2NO. The van der Waals surface area contributed by atoms with Crippen LogP contribution in [0.4, 0.5) is 8.78 Å². The maximum atomic E-state index is 13.6. The van der Waals surface area contributed by atoms with E-state index in [4.69, 9.17) is 4.74 Å². The Morgan fingerprint density at radius 1 is 0.939 bits per heavy atom. The van der Waals surface area contributed by atoms with E-state index in [2.05, 4.69) is 54.3 Å². The topological polar surface area (TPSA) is 12.5 Å². The van der Waals surface area contributed by atoms with Crippen molar-refractivity contribution in [3.63, 3.8) is 0 Å². The maximum Gasteiger partial charge on any atom is 0.123 e. The van der Waals surface area contributed by atoms with Crippen LogP contribution in [0.2, 0.25) is 0 Å². The molecule has 172 valence electrons. The van der Waals surface area contributed by atoms with Crippen molar-refractivity contribution in [1.82, 2.24) is 4.90 Å². The van der Waals surface area contributed by atoms with Crippen molar-refractivity contribution >= 4 is 0 Å². The van der Waals surface area contributed by atoms with Gasteiger partial charge in [-0.1, -0.05) is 48.0 Å². The molecule has 3 aromatic rings. The monoisotopic (exact) mass is 447 g/mol. The van der Waals surface area contributed by atoms with Crippen LogP contribution in [-0.4, -0.2) is 37.8 Å². The smallest absolute Gasteiger partial charge is 0.123 e. The van der Waals surface area contributed by atoms with Gasteiger partial charge in [0.05, 0.1) is 6.67 Å². The number of hydrogen-bond donors (Lipinski definition) is 0. The number of rotatable bonds is 7. The van der Waals surface area contributed by atoms with E-state index in [1.165, 1.54) is 27.8 Å². The van der Waals surface area contributed by atoms with Crippen molar-refractivity contribution in [2.45, 2.75) is 31.6 Å². The van der Waals surface area contributed by atoms with E-state index in [0.717, 1.165) is 38.2 Å². The molecular weight excluding hydrogens is 416 g/mol. The summed E-state index contributed by atoms with van der Waals surface area (Å²) in [5.41, 5.74) is 6.52. The van der Waals surface area contributed by atoms with Crippen LogP contribution in [-0.2, 0) is 6.42 Å². The molecule has 33 heavy (non-hydrogen) atoms. The number of aryl methyl sites for hydroxylation is 2. The Morgan fingerprint density at radius 2 is 1.67 bits per heavy atom. The predicted octanol–water partition coefficient (Wildman–Crippen LogP) is 6.28. The number of fused-ring (bicyclic) bond motifs is 1. The van der Waals surface area contributed by atoms with Crippen molar-refractivity contribution < 1.29 is 13.5 Å². The number of nitrogens with zero attached hydrogens (tertiary/aromatic N) is 1. The summed E-state index contributed by atoms with van der Waals surface area (Å²) in [4.78, 5) is 2.23. The minimum absolute atomic E-state index is 0.193. The molecule has 0 bridgehead atoms. The summed E-state index contributed by atoms with van der Waals surface area (Å²) < 4.78 is 32.1. The number of likely N-dealkylation sites (tertiary alicyclic amines) is 1. The predicted molar refractivity (Wildman–Crippen MR) is 128 cm³/mol. The van der Waals surface area contributed by atoms with Gasteiger partial charge in [-0.3, -0.25) is 9.29 Å². The molecule has 5 rings (SSSR count). The molecule has 1 fully saturated rings. The summed E-state index contributed by atoms with van der Waals surface area (Å²) in [7, 11) is 0. The lowest BCUT2D eigenvalue weighted by molar-refractivity contribution is 0.0668. The minimum atomic E-state index is -0.221. The highest BCUT2D eigenvalue weighted by Crippen LogP contribution is 2.46. The van der Waals surface area contributed by atoms with Crippen LogP contribution in [0.5, 0.6) is 5.75 Å². The number of alkyl halides is 1. The minimum Gasteiger partial charge on any atom is -0.492 e. The molecule has 3 aromatic carbocycles. The molecule has 1 aliphatic carbocycles. The highest BCUT2D eigenvalue weighted by atomic mass is 19.1. The van der Waals surface area contributed by atoms with E-state index < -0.39 is 0 Å². The van der Waals surface area contributed by atoms with Crippen molar-refractivity contribution in [2.75, 3.05) is 32.9 Å². The van der Waals surface area contributed by atoms with Crippen molar-refractivity contribution in [3.05, 3.63) is 100 Å². The first-order valence-corrected chi connectivity index (χ1v) is 12.0. The zero-order valence-electron chi connectivity index (χ0n) is 19.1. The molecule has 0 saturated carbocycles. The number of ether oxygens (including phenoxy) is 1. The van der Waals surface area contributed by atoms with E-state index in [1.807, 2.05) is 12.1 Å². The van der Waals surface area contributed by atoms with Gasteiger partial charge in [0.1, 0.15) is 18.2 Å². The fraction of sp³-hybridized carbons (Fsp3) is 0.379. The molecule has 0 unspecified atom stereocenters. The van der Waals surface area contributed by atoms with Crippen LogP contribution >= 0.6 is 0 Å². The van der Waals surface area contributed by atoms with Gasteiger partial charge in [-0.15, -0.1) is 0 Å². The summed E-state index contributed by atoms with van der Waals surface area (Å²) in [6, 6.07) is 22.3. The van der Waals surface area contributed by atoms with Gasteiger partial charge in [-0.2, -0.15) is 0 Å². The third kappa shape index (κ3) is 4.81. The summed E-state index contributed by atoms with van der Waals surface area (Å²) in [6.45, 7) is 5.05. The number of halogens is 2. The highest BCUT2D eigenvalue weighted by molar-refractivity contribution is 5.47. The van der Waals surface area contributed by atoms with Gasteiger partial charge in [0.2, 0.25) is 0 Å². The summed E-state index contributed by atoms with van der Waals surface area (Å²) in [5.74, 6) is 1.41. The lowest BCUT2D eigenvalue weighted by atomic mass is 9.69. The molecule has 1 saturated heterocycles. The molecule has 1 aliphatic heterocycles. The standard InChI is InChI=1S/C29H31F2NO/c1-20-2-12-28-24(16-20)7-13-27(22-3-8-25(31)9-4-22)29(28)23-5-10-26(11-6-23)33-15-14-32-18-21(17-30)19-32/h2-6,8-12,16,21,27,29H,7,13-15,17-19H2,1H3/t27-,29+/m1/s1. The Balaban J connectivity index is 1.34. The van der Waals surface area contributed by atoms with Gasteiger partial charge in [0, 0.05) is 31.5 Å². The SMILES string of the molecule is Cc1ccc2c(c1)CC[C@H](c1ccc(F)cc1)[C@@H]2c1ccc(OCCN2CC(CF)C2)cc1. The molecule has 4 heteroatoms. The van der Waals surface area contributed by atoms with Crippen LogP contribution in [0.15, 0.2) is 66.7 Å². The van der Waals surface area contributed by atoms with Gasteiger partial charge in [0.15, 0.2) is 0 Å². The van der Waals surface area contributed by atoms with Gasteiger partial charge in [0.25, 0.3) is 0 Å². The highest BCUT2D eigenvalue weighted by Gasteiger charge is 2.32. The van der Waals surface area contributed by atoms with Gasteiger partial charge < -0.3 is 4.74 Å². The normalized spacial score (nSPS) is 20.8. The second kappa shape index (κ2) is 9.64. The summed E-state index contributed by atoms with van der Waals surface area (Å²) in [5, 5.41) is 0. The van der Waals surface area contributed by atoms with Crippen LogP contribution in [0.1, 0.15) is 46.1 Å². The average molecular weight is 448 g/mol. The molecule has 0 amide bonds. The Hall–Kier alpha value is -2.72. The molecule has 0 N–H and O–H groups in total. The molecule has 2 atom stereocenters. The van der Waals surface area contributed by atoms with Gasteiger partial charge in [-0.25, -0.2) is 4.39 Å². The molecule has 0 radical (unpaired) electrons. The Morgan fingerprint density at radius 3 is 2.39 bits per heavy atom. The average Bonchev–Trinajstić information content (AvgIpc) is 2.81. The van der Waals surface area contributed by atoms with Crippen LogP contribution in [0.3, 0.4) is 0 Å². The van der Waals surface area contributed by atoms with Crippen molar-refractivity contribution in [1.29, 1.82) is 0 Å². The molecule has 2 aliphatic rings. The Kier molecular flexibility index (Phi) is 6.45. The molecule has 2 nitrogen and oxygen atoms in total. The van der Waals surface area contributed by atoms with E-state index in [9.17, 15) is 8.78 Å². The second-order valence-corrected chi connectivity index (χ2v) is 9.57. The molecule has 0 spiro atoms. The van der Waals surface area contributed by atoms with Crippen LogP contribution < -0.4 is 4.74 Å². The molecule has 1 heterocycles. The Bertz CT molecular complexity index is 1070. The quantitative estimate of drug-likeness (QED) is 0.423. The lowest BCUT2D eigenvalue weighted by Gasteiger charge is -2.37. The van der Waals surface area contributed by atoms with Crippen LogP contribution in [0, 0.1) is 18.7 Å². The van der Waals surface area contributed by atoms with Crippen molar-refractivity contribution in [2.24, 2.45) is 5.92 Å². The fourth-order valence-electron chi connectivity index (χ4n) is 5.45. The zero-order valence-corrected chi connectivity index (χ0v) is 19.1. The van der Waals surface area contributed by atoms with E-state index in [-0.39, 0.29) is 24.3 Å². The largest absolute Gasteiger partial charge is 0.492 e. The zero-order chi connectivity index (χ0) is 22.8. The fourth-order valence-corrected chi connectivity index (χ4v) is 5.45. The van der Waals surface area contributed by atoms with Crippen LogP contribution in [0.25, 0.3) is 0 Å². The lowest BCUT2D eigenvalue weighted by Crippen LogP contribution is -2.49. The first-order valence-electron chi connectivity index (χ1n) is 12.0. The van der Waals surface area contributed by atoms with Gasteiger partial charge >= 0.3 is 0 Å². The maximum absolute atomic E-state index is 13.6. The third-order valence-electron chi connectivity index (χ3n) is 7.23. The molecule has 0 aromatic heterocycles. The van der Waals surface area contributed by atoms with Crippen molar-refractivity contribution in [3.8, 4) is 5.75 Å². The first kappa shape index (κ1) is 22.1. The van der Waals surface area contributed by atoms with E-state index in [0.29, 0.717) is 12.5 Å². The Labute approximate surface area is 195 Å². The number of hydrogen-bond acceptors (Lipinski definition) is 2. The summed E-state index contributed by atoms with van der Waals surface area (Å²) >= 11 is 0. The van der Waals surface area contributed by atoms with Gasteiger partial charge in [-0.05, 0) is 72.2 Å². The van der Waals surface area contributed by atoms with E-state index in [1.54, 1.807) is 12.1 Å². The summed E-state index contributed by atoms with van der Waals surface area (Å²) in [6.07, 6.45) is 2.08.